The first kappa shape index (κ1) is 11.9. The van der Waals surface area contributed by atoms with Crippen LogP contribution in [0.4, 0.5) is 5.69 Å². The van der Waals surface area contributed by atoms with E-state index in [1.807, 2.05) is 22.6 Å². The van der Waals surface area contributed by atoms with Crippen molar-refractivity contribution in [3.8, 4) is 5.75 Å². The fourth-order valence-electron chi connectivity index (χ4n) is 1.14. The van der Waals surface area contributed by atoms with E-state index in [9.17, 15) is 8.42 Å². The number of nitrogens with one attached hydrogen (secondary N) is 1. The van der Waals surface area contributed by atoms with Gasteiger partial charge in [0, 0.05) is 6.07 Å². The van der Waals surface area contributed by atoms with Crippen molar-refractivity contribution < 1.29 is 13.2 Å². The number of pyridine rings is 1. The molecule has 1 fully saturated rings. The smallest absolute Gasteiger partial charge is 0.229 e. The summed E-state index contributed by atoms with van der Waals surface area (Å²) in [6.07, 6.45) is 5.10. The Morgan fingerprint density at radius 1 is 1.56 bits per heavy atom. The number of halogens is 1. The number of hydrogen-bond donors (Lipinski definition) is 1. The first-order valence-electron chi connectivity index (χ1n) is 4.74. The molecule has 88 valence electrons. The SMILES string of the molecule is CS(=O)(=O)Nc1cc(OC2CC2)cnc1I. The molecule has 0 unspecified atom stereocenters. The molecule has 1 aromatic heterocycles. The summed E-state index contributed by atoms with van der Waals surface area (Å²) < 4.78 is 30.8. The second-order valence-electron chi connectivity index (χ2n) is 3.70. The van der Waals surface area contributed by atoms with E-state index in [0.717, 1.165) is 19.1 Å². The third kappa shape index (κ3) is 3.48. The van der Waals surface area contributed by atoms with E-state index in [-0.39, 0.29) is 6.10 Å². The van der Waals surface area contributed by atoms with Gasteiger partial charge in [0.05, 0.1) is 24.2 Å². The van der Waals surface area contributed by atoms with Crippen LogP contribution in [0.2, 0.25) is 0 Å². The van der Waals surface area contributed by atoms with E-state index in [2.05, 4.69) is 9.71 Å². The van der Waals surface area contributed by atoms with Crippen LogP contribution in [0.15, 0.2) is 12.3 Å². The van der Waals surface area contributed by atoms with Crippen molar-refractivity contribution in [1.82, 2.24) is 4.98 Å². The van der Waals surface area contributed by atoms with Crippen molar-refractivity contribution in [1.29, 1.82) is 0 Å². The molecule has 16 heavy (non-hydrogen) atoms. The van der Waals surface area contributed by atoms with Crippen LogP contribution in [0.1, 0.15) is 12.8 Å². The normalized spacial score (nSPS) is 15.9. The van der Waals surface area contributed by atoms with Crippen molar-refractivity contribution in [2.24, 2.45) is 0 Å². The van der Waals surface area contributed by atoms with Gasteiger partial charge < -0.3 is 4.74 Å². The lowest BCUT2D eigenvalue weighted by molar-refractivity contribution is 0.302. The van der Waals surface area contributed by atoms with E-state index in [0.29, 0.717) is 15.1 Å². The summed E-state index contributed by atoms with van der Waals surface area (Å²) in [7, 11) is -3.28. The molecule has 7 heteroatoms. The lowest BCUT2D eigenvalue weighted by Gasteiger charge is -2.09. The first-order chi connectivity index (χ1) is 7.44. The van der Waals surface area contributed by atoms with Gasteiger partial charge in [0.1, 0.15) is 9.45 Å². The van der Waals surface area contributed by atoms with Gasteiger partial charge in [0.2, 0.25) is 10.0 Å². The minimum Gasteiger partial charge on any atom is -0.489 e. The Kier molecular flexibility index (Phi) is 3.24. The molecule has 2 rings (SSSR count). The highest BCUT2D eigenvalue weighted by atomic mass is 127. The molecule has 1 heterocycles. The maximum absolute atomic E-state index is 11.1. The van der Waals surface area contributed by atoms with Gasteiger partial charge in [-0.2, -0.15) is 0 Å². The largest absolute Gasteiger partial charge is 0.489 e. The number of hydrogen-bond acceptors (Lipinski definition) is 4. The Morgan fingerprint density at radius 2 is 2.25 bits per heavy atom. The highest BCUT2D eigenvalue weighted by Crippen LogP contribution is 2.29. The molecule has 0 radical (unpaired) electrons. The van der Waals surface area contributed by atoms with Crippen LogP contribution in [0.5, 0.6) is 5.75 Å². The number of sulfonamides is 1. The number of anilines is 1. The standard InChI is InChI=1S/C9H11IN2O3S/c1-16(13,14)12-8-4-7(5-11-9(8)10)15-6-2-3-6/h4-6,12H,2-3H2,1H3. The van der Waals surface area contributed by atoms with Gasteiger partial charge in [-0.3, -0.25) is 4.72 Å². The lowest BCUT2D eigenvalue weighted by Crippen LogP contribution is -2.11. The van der Waals surface area contributed by atoms with Gasteiger partial charge in [-0.15, -0.1) is 0 Å². The van der Waals surface area contributed by atoms with Gasteiger partial charge in [-0.1, -0.05) is 0 Å². The van der Waals surface area contributed by atoms with E-state index in [4.69, 9.17) is 4.74 Å². The zero-order valence-electron chi connectivity index (χ0n) is 8.60. The minimum atomic E-state index is -3.28. The Morgan fingerprint density at radius 3 is 2.81 bits per heavy atom. The third-order valence-corrected chi connectivity index (χ3v) is 3.39. The maximum Gasteiger partial charge on any atom is 0.229 e. The molecule has 1 aliphatic rings. The van der Waals surface area contributed by atoms with Crippen molar-refractivity contribution in [2.45, 2.75) is 18.9 Å². The highest BCUT2D eigenvalue weighted by molar-refractivity contribution is 14.1. The molecule has 0 saturated heterocycles. The molecule has 0 atom stereocenters. The number of ether oxygens (including phenoxy) is 1. The minimum absolute atomic E-state index is 0.271. The Bertz CT molecular complexity index is 499. The lowest BCUT2D eigenvalue weighted by atomic mass is 10.4. The fourth-order valence-corrected chi connectivity index (χ4v) is 2.31. The van der Waals surface area contributed by atoms with Crippen LogP contribution in [-0.4, -0.2) is 25.8 Å². The van der Waals surface area contributed by atoms with E-state index >= 15 is 0 Å². The van der Waals surface area contributed by atoms with Crippen LogP contribution >= 0.6 is 22.6 Å². The maximum atomic E-state index is 11.1. The van der Waals surface area contributed by atoms with Gasteiger partial charge in [-0.25, -0.2) is 13.4 Å². The summed E-state index contributed by atoms with van der Waals surface area (Å²) in [5, 5.41) is 0. The number of nitrogens with zero attached hydrogens (tertiary/aromatic N) is 1. The highest BCUT2D eigenvalue weighted by Gasteiger charge is 2.24. The average molecular weight is 354 g/mol. The van der Waals surface area contributed by atoms with Crippen molar-refractivity contribution in [3.63, 3.8) is 0 Å². The van der Waals surface area contributed by atoms with E-state index < -0.39 is 10.0 Å². The molecule has 1 aromatic rings. The summed E-state index contributed by atoms with van der Waals surface area (Å²) >= 11 is 1.97. The second-order valence-corrected chi connectivity index (χ2v) is 6.47. The van der Waals surface area contributed by atoms with E-state index in [1.54, 1.807) is 12.3 Å². The molecule has 1 N–H and O–H groups in total. The van der Waals surface area contributed by atoms with Crippen molar-refractivity contribution in [2.75, 3.05) is 11.0 Å². The van der Waals surface area contributed by atoms with Crippen LogP contribution in [0.25, 0.3) is 0 Å². The topological polar surface area (TPSA) is 68.3 Å². The first-order valence-corrected chi connectivity index (χ1v) is 7.71. The molecule has 1 saturated carbocycles. The quantitative estimate of drug-likeness (QED) is 0.659. The molecule has 5 nitrogen and oxygen atoms in total. The monoisotopic (exact) mass is 354 g/mol. The van der Waals surface area contributed by atoms with Crippen LogP contribution in [0, 0.1) is 3.70 Å². The molecular weight excluding hydrogens is 343 g/mol. The van der Waals surface area contributed by atoms with Gasteiger partial charge in [0.15, 0.2) is 0 Å². The zero-order chi connectivity index (χ0) is 11.8. The van der Waals surface area contributed by atoms with Gasteiger partial charge in [-0.05, 0) is 35.4 Å². The molecule has 0 aromatic carbocycles. The van der Waals surface area contributed by atoms with Gasteiger partial charge in [0.25, 0.3) is 0 Å². The Hall–Kier alpha value is -0.570. The third-order valence-electron chi connectivity index (χ3n) is 1.94. The predicted octanol–water partition coefficient (Wildman–Crippen LogP) is 1.60. The summed E-state index contributed by atoms with van der Waals surface area (Å²) in [5.74, 6) is 0.606. The van der Waals surface area contributed by atoms with Crippen molar-refractivity contribution in [3.05, 3.63) is 16.0 Å². The van der Waals surface area contributed by atoms with Crippen LogP contribution in [-0.2, 0) is 10.0 Å². The zero-order valence-corrected chi connectivity index (χ0v) is 11.6. The molecule has 0 bridgehead atoms. The summed E-state index contributed by atoms with van der Waals surface area (Å²) in [6.45, 7) is 0. The molecule has 0 aliphatic heterocycles. The predicted molar refractivity (Wildman–Crippen MR) is 69.1 cm³/mol. The summed E-state index contributed by atoms with van der Waals surface area (Å²) in [4.78, 5) is 4.08. The molecular formula is C9H11IN2O3S. The van der Waals surface area contributed by atoms with E-state index in [1.165, 1.54) is 0 Å². The summed E-state index contributed by atoms with van der Waals surface area (Å²) in [6, 6.07) is 1.66. The Labute approximate surface area is 108 Å². The molecule has 0 spiro atoms. The number of rotatable bonds is 4. The Balaban J connectivity index is 2.21. The van der Waals surface area contributed by atoms with Crippen LogP contribution < -0.4 is 9.46 Å². The second kappa shape index (κ2) is 4.36. The van der Waals surface area contributed by atoms with Crippen molar-refractivity contribution >= 4 is 38.3 Å². The number of aromatic nitrogens is 1. The summed E-state index contributed by atoms with van der Waals surface area (Å²) in [5.41, 5.74) is 0.459. The van der Waals surface area contributed by atoms with Gasteiger partial charge >= 0.3 is 0 Å². The van der Waals surface area contributed by atoms with Crippen LogP contribution in [0.3, 0.4) is 0 Å². The molecule has 0 amide bonds. The molecule has 1 aliphatic carbocycles. The fraction of sp³-hybridized carbons (Fsp3) is 0.444. The average Bonchev–Trinajstić information content (AvgIpc) is 2.92.